The second-order valence-corrected chi connectivity index (χ2v) is 10.4. The zero-order chi connectivity index (χ0) is 28.2. The number of H-pyrrole nitrogens is 2. The molecule has 0 radical (unpaired) electrons. The van der Waals surface area contributed by atoms with E-state index < -0.39 is 11.9 Å². The van der Waals surface area contributed by atoms with Crippen LogP contribution in [-0.4, -0.2) is 73.0 Å². The lowest BCUT2D eigenvalue weighted by Gasteiger charge is -2.13. The third kappa shape index (κ3) is 5.78. The molecule has 5 aromatic rings. The number of fused-ring (bicyclic) bond motifs is 2. The number of hydrogen-bond donors (Lipinski definition) is 2. The van der Waals surface area contributed by atoms with Crippen LogP contribution >= 0.6 is 0 Å². The number of benzene rings is 3. The lowest BCUT2D eigenvalue weighted by atomic mass is 10.1. The molecule has 0 aliphatic heterocycles. The van der Waals surface area contributed by atoms with Crippen molar-refractivity contribution >= 4 is 33.7 Å². The number of rotatable bonds is 10. The van der Waals surface area contributed by atoms with E-state index >= 15 is 0 Å². The molecule has 8 nitrogen and oxygen atoms in total. The Morgan fingerprint density at radius 1 is 0.625 bits per heavy atom. The van der Waals surface area contributed by atoms with Gasteiger partial charge in [-0.15, -0.1) is 0 Å². The Kier molecular flexibility index (Phi) is 8.00. The maximum Gasteiger partial charge on any atom is 0.344 e. The number of likely N-dealkylation sites (N-methyl/N-ethyl adjacent to an activating group) is 2. The van der Waals surface area contributed by atoms with Crippen LogP contribution in [0.3, 0.4) is 0 Å². The quantitative estimate of drug-likeness (QED) is 0.185. The highest BCUT2D eigenvalue weighted by molar-refractivity contribution is 6.06. The number of aromatic amines is 2. The maximum absolute atomic E-state index is 13.5. The molecule has 3 aromatic carbocycles. The fourth-order valence-electron chi connectivity index (χ4n) is 4.84. The van der Waals surface area contributed by atoms with Crippen LogP contribution in [-0.2, 0) is 12.8 Å². The van der Waals surface area contributed by atoms with Gasteiger partial charge in [0.1, 0.15) is 11.5 Å². The summed E-state index contributed by atoms with van der Waals surface area (Å²) in [5.41, 5.74) is 4.18. The van der Waals surface area contributed by atoms with Crippen molar-refractivity contribution in [2.24, 2.45) is 0 Å². The van der Waals surface area contributed by atoms with E-state index in [0.717, 1.165) is 58.9 Å². The normalized spacial score (nSPS) is 11.6. The summed E-state index contributed by atoms with van der Waals surface area (Å²) in [6.45, 7) is 1.71. The van der Waals surface area contributed by atoms with Crippen LogP contribution in [0, 0.1) is 0 Å². The maximum atomic E-state index is 13.5. The second-order valence-electron chi connectivity index (χ2n) is 10.4. The third-order valence-corrected chi connectivity index (χ3v) is 6.93. The van der Waals surface area contributed by atoms with Crippen molar-refractivity contribution < 1.29 is 19.1 Å². The van der Waals surface area contributed by atoms with Crippen molar-refractivity contribution in [3.8, 4) is 11.5 Å². The van der Waals surface area contributed by atoms with Gasteiger partial charge in [-0.05, 0) is 88.6 Å². The summed E-state index contributed by atoms with van der Waals surface area (Å²) in [5, 5.41) is 1.73. The topological polar surface area (TPSA) is 90.7 Å². The van der Waals surface area contributed by atoms with Gasteiger partial charge in [-0.25, -0.2) is 9.59 Å². The zero-order valence-electron chi connectivity index (χ0n) is 23.3. The molecule has 0 atom stereocenters. The van der Waals surface area contributed by atoms with Crippen LogP contribution < -0.4 is 9.47 Å². The lowest BCUT2D eigenvalue weighted by Crippen LogP contribution is -2.18. The number of ether oxygens (including phenoxy) is 2. The molecule has 0 fully saturated rings. The van der Waals surface area contributed by atoms with Gasteiger partial charge in [0, 0.05) is 47.3 Å². The first-order chi connectivity index (χ1) is 19.3. The molecule has 0 aliphatic rings. The van der Waals surface area contributed by atoms with Gasteiger partial charge in [-0.1, -0.05) is 24.3 Å². The lowest BCUT2D eigenvalue weighted by molar-refractivity contribution is 0.0694. The Morgan fingerprint density at radius 2 is 1.05 bits per heavy atom. The molecular formula is C32H34N4O4. The summed E-state index contributed by atoms with van der Waals surface area (Å²) in [4.78, 5) is 37.6. The van der Waals surface area contributed by atoms with Crippen LogP contribution in [0.1, 0.15) is 31.8 Å². The largest absolute Gasteiger partial charge is 0.422 e. The SMILES string of the molecule is CN(C)CCc1c[nH]c2cccc(OC(=O)c3ccccc3C(=O)Oc3cccc4[nH]cc(CCN(C)C)c34)c12. The average Bonchev–Trinajstić information content (AvgIpc) is 3.56. The Bertz CT molecular complexity index is 1540. The first-order valence-electron chi connectivity index (χ1n) is 13.3. The van der Waals surface area contributed by atoms with Crippen molar-refractivity contribution in [1.82, 2.24) is 19.8 Å². The van der Waals surface area contributed by atoms with Crippen LogP contribution in [0.5, 0.6) is 11.5 Å². The summed E-state index contributed by atoms with van der Waals surface area (Å²) in [5.74, 6) is -0.343. The predicted octanol–water partition coefficient (Wildman–Crippen LogP) is 5.30. The molecule has 8 heteroatoms. The average molecular weight is 539 g/mol. The van der Waals surface area contributed by atoms with Gasteiger partial charge in [-0.2, -0.15) is 0 Å². The first kappa shape index (κ1) is 27.2. The van der Waals surface area contributed by atoms with E-state index in [1.165, 1.54) is 0 Å². The summed E-state index contributed by atoms with van der Waals surface area (Å²) < 4.78 is 11.8. The molecule has 0 amide bonds. The highest BCUT2D eigenvalue weighted by Crippen LogP contribution is 2.32. The summed E-state index contributed by atoms with van der Waals surface area (Å²) in [6.07, 6.45) is 5.49. The second kappa shape index (κ2) is 11.8. The molecule has 0 unspecified atom stereocenters. The molecule has 2 N–H and O–H groups in total. The molecule has 206 valence electrons. The van der Waals surface area contributed by atoms with Gasteiger partial charge in [0.2, 0.25) is 0 Å². The summed E-state index contributed by atoms with van der Waals surface area (Å²) in [6, 6.07) is 17.7. The summed E-state index contributed by atoms with van der Waals surface area (Å²) >= 11 is 0. The molecule has 2 heterocycles. The molecule has 0 saturated carbocycles. The highest BCUT2D eigenvalue weighted by atomic mass is 16.5. The van der Waals surface area contributed by atoms with E-state index in [1.54, 1.807) is 36.4 Å². The van der Waals surface area contributed by atoms with Crippen LogP contribution in [0.25, 0.3) is 21.8 Å². The minimum atomic E-state index is -0.619. The first-order valence-corrected chi connectivity index (χ1v) is 13.3. The van der Waals surface area contributed by atoms with Crippen molar-refractivity contribution in [2.45, 2.75) is 12.8 Å². The van der Waals surface area contributed by atoms with Gasteiger partial charge in [0.05, 0.1) is 11.1 Å². The molecule has 5 rings (SSSR count). The molecular weight excluding hydrogens is 504 g/mol. The van der Waals surface area contributed by atoms with E-state index in [4.69, 9.17) is 9.47 Å². The van der Waals surface area contributed by atoms with Crippen LogP contribution in [0.2, 0.25) is 0 Å². The molecule has 40 heavy (non-hydrogen) atoms. The number of hydrogen-bond acceptors (Lipinski definition) is 6. The smallest absolute Gasteiger partial charge is 0.344 e. The van der Waals surface area contributed by atoms with Crippen LogP contribution in [0.15, 0.2) is 73.1 Å². The standard InChI is InChI=1S/C32H34N4O4/c1-35(2)17-15-21-19-33-25-11-7-13-27(29(21)25)39-31(37)23-9-5-6-10-24(23)32(38)40-28-14-8-12-26-30(28)22(20-34-26)16-18-36(3)4/h5-14,19-20,33-34H,15-18H2,1-4H3. The van der Waals surface area contributed by atoms with E-state index in [9.17, 15) is 9.59 Å². The Hall–Kier alpha value is -4.40. The van der Waals surface area contributed by atoms with Crippen molar-refractivity contribution in [2.75, 3.05) is 41.3 Å². The molecule has 2 aromatic heterocycles. The molecule has 0 spiro atoms. The number of carbonyl (C=O) groups is 2. The number of esters is 2. The van der Waals surface area contributed by atoms with E-state index in [0.29, 0.717) is 11.5 Å². The van der Waals surface area contributed by atoms with Gasteiger partial charge in [-0.3, -0.25) is 0 Å². The fourth-order valence-corrected chi connectivity index (χ4v) is 4.84. The van der Waals surface area contributed by atoms with E-state index in [-0.39, 0.29) is 11.1 Å². The fraction of sp³-hybridized carbons (Fsp3) is 0.250. The van der Waals surface area contributed by atoms with Crippen molar-refractivity contribution in [3.63, 3.8) is 0 Å². The van der Waals surface area contributed by atoms with E-state index in [1.807, 2.05) is 64.8 Å². The Labute approximate surface area is 233 Å². The number of carbonyl (C=O) groups excluding carboxylic acids is 2. The summed E-state index contributed by atoms with van der Waals surface area (Å²) in [7, 11) is 8.08. The van der Waals surface area contributed by atoms with Gasteiger partial charge < -0.3 is 29.2 Å². The predicted molar refractivity (Wildman–Crippen MR) is 157 cm³/mol. The van der Waals surface area contributed by atoms with Crippen molar-refractivity contribution in [3.05, 3.63) is 95.3 Å². The van der Waals surface area contributed by atoms with Crippen molar-refractivity contribution in [1.29, 1.82) is 0 Å². The third-order valence-electron chi connectivity index (χ3n) is 6.93. The molecule has 0 bridgehead atoms. The van der Waals surface area contributed by atoms with Gasteiger partial charge in [0.25, 0.3) is 0 Å². The van der Waals surface area contributed by atoms with Crippen LogP contribution in [0.4, 0.5) is 0 Å². The van der Waals surface area contributed by atoms with Gasteiger partial charge in [0.15, 0.2) is 0 Å². The molecule has 0 saturated heterocycles. The molecule has 0 aliphatic carbocycles. The monoisotopic (exact) mass is 538 g/mol. The number of nitrogens with one attached hydrogen (secondary N) is 2. The van der Waals surface area contributed by atoms with E-state index in [2.05, 4.69) is 19.8 Å². The zero-order valence-corrected chi connectivity index (χ0v) is 23.3. The number of nitrogens with zero attached hydrogens (tertiary/aromatic N) is 2. The number of aromatic nitrogens is 2. The minimum absolute atomic E-state index is 0.143. The Morgan fingerprint density at radius 3 is 1.45 bits per heavy atom. The van der Waals surface area contributed by atoms with Gasteiger partial charge >= 0.3 is 11.9 Å². The highest BCUT2D eigenvalue weighted by Gasteiger charge is 2.23. The minimum Gasteiger partial charge on any atom is -0.422 e. The Balaban J connectivity index is 1.41.